The Balaban J connectivity index is 2.35. The highest BCUT2D eigenvalue weighted by Gasteiger charge is 2.29. The van der Waals surface area contributed by atoms with Gasteiger partial charge in [0.1, 0.15) is 11.9 Å². The molecule has 0 saturated heterocycles. The Kier molecular flexibility index (Phi) is 7.33. The SMILES string of the molecule is CCCC(=O)N(Cc1ccccc1F)[C@@H](Cc1ccccc1)C(=O)NC. The predicted octanol–water partition coefficient (Wildman–Crippen LogP) is 3.31. The molecule has 0 radical (unpaired) electrons. The summed E-state index contributed by atoms with van der Waals surface area (Å²) < 4.78 is 14.1. The molecule has 0 aliphatic rings. The van der Waals surface area contributed by atoms with Gasteiger partial charge in [0.15, 0.2) is 0 Å². The van der Waals surface area contributed by atoms with Crippen LogP contribution in [-0.4, -0.2) is 29.8 Å². The number of benzene rings is 2. The van der Waals surface area contributed by atoms with Crippen LogP contribution in [0.25, 0.3) is 0 Å². The van der Waals surface area contributed by atoms with Crippen LogP contribution in [0.1, 0.15) is 30.9 Å². The average Bonchev–Trinajstić information content (AvgIpc) is 2.66. The first-order valence-corrected chi connectivity index (χ1v) is 8.85. The molecule has 2 aromatic rings. The van der Waals surface area contributed by atoms with Gasteiger partial charge >= 0.3 is 0 Å². The summed E-state index contributed by atoms with van der Waals surface area (Å²) in [5.74, 6) is -0.785. The Labute approximate surface area is 154 Å². The van der Waals surface area contributed by atoms with E-state index in [4.69, 9.17) is 0 Å². The number of hydrogen-bond acceptors (Lipinski definition) is 2. The standard InChI is InChI=1S/C21H25FN2O2/c1-3-9-20(25)24(15-17-12-7-8-13-18(17)22)19(21(26)23-2)14-16-10-5-4-6-11-16/h4-8,10-13,19H,3,9,14-15H2,1-2H3,(H,23,26)/t19-/m0/s1. The molecule has 0 heterocycles. The molecule has 2 rings (SSSR count). The fourth-order valence-corrected chi connectivity index (χ4v) is 2.89. The highest BCUT2D eigenvalue weighted by Crippen LogP contribution is 2.17. The third-order valence-corrected chi connectivity index (χ3v) is 4.28. The van der Waals surface area contributed by atoms with Gasteiger partial charge < -0.3 is 10.2 Å². The molecule has 26 heavy (non-hydrogen) atoms. The van der Waals surface area contributed by atoms with Gasteiger partial charge in [-0.3, -0.25) is 9.59 Å². The first kappa shape index (κ1) is 19.6. The third-order valence-electron chi connectivity index (χ3n) is 4.28. The predicted molar refractivity (Wildman–Crippen MR) is 99.9 cm³/mol. The summed E-state index contributed by atoms with van der Waals surface area (Å²) in [6.45, 7) is 1.97. The number of nitrogens with one attached hydrogen (secondary N) is 1. The van der Waals surface area contributed by atoms with Gasteiger partial charge in [-0.2, -0.15) is 0 Å². The number of rotatable bonds is 8. The van der Waals surface area contributed by atoms with Gasteiger partial charge in [-0.05, 0) is 18.1 Å². The lowest BCUT2D eigenvalue weighted by Crippen LogP contribution is -2.49. The molecule has 1 N–H and O–H groups in total. The minimum absolute atomic E-state index is 0.0659. The molecule has 0 aliphatic heterocycles. The maximum atomic E-state index is 14.1. The number of carbonyl (C=O) groups excluding carboxylic acids is 2. The summed E-state index contributed by atoms with van der Waals surface area (Å²) in [5.41, 5.74) is 1.35. The molecule has 0 aliphatic carbocycles. The number of likely N-dealkylation sites (N-methyl/N-ethyl adjacent to an activating group) is 1. The Morgan fingerprint density at radius 3 is 2.35 bits per heavy atom. The van der Waals surface area contributed by atoms with Gasteiger partial charge in [-0.25, -0.2) is 4.39 Å². The summed E-state index contributed by atoms with van der Waals surface area (Å²) in [7, 11) is 1.55. The number of hydrogen-bond donors (Lipinski definition) is 1. The highest BCUT2D eigenvalue weighted by molar-refractivity contribution is 5.87. The van der Waals surface area contributed by atoms with Crippen molar-refractivity contribution in [1.82, 2.24) is 10.2 Å². The van der Waals surface area contributed by atoms with E-state index in [0.717, 1.165) is 5.56 Å². The van der Waals surface area contributed by atoms with Crippen LogP contribution in [0.4, 0.5) is 4.39 Å². The largest absolute Gasteiger partial charge is 0.357 e. The lowest BCUT2D eigenvalue weighted by Gasteiger charge is -2.31. The van der Waals surface area contributed by atoms with Gasteiger partial charge in [0.05, 0.1) is 0 Å². The second kappa shape index (κ2) is 9.70. The first-order valence-electron chi connectivity index (χ1n) is 8.85. The molecule has 0 aromatic heterocycles. The zero-order valence-electron chi connectivity index (χ0n) is 15.2. The number of nitrogens with zero attached hydrogens (tertiary/aromatic N) is 1. The van der Waals surface area contributed by atoms with Crippen LogP contribution in [0.3, 0.4) is 0 Å². The third kappa shape index (κ3) is 5.15. The van der Waals surface area contributed by atoms with Crippen LogP contribution in [-0.2, 0) is 22.6 Å². The molecule has 0 unspecified atom stereocenters. The van der Waals surface area contributed by atoms with Gasteiger partial charge in [0, 0.05) is 32.0 Å². The zero-order valence-corrected chi connectivity index (χ0v) is 15.2. The zero-order chi connectivity index (χ0) is 18.9. The minimum atomic E-state index is -0.693. The van der Waals surface area contributed by atoms with Crippen LogP contribution in [0.2, 0.25) is 0 Å². The van der Waals surface area contributed by atoms with E-state index in [1.807, 2.05) is 37.3 Å². The van der Waals surface area contributed by atoms with Crippen LogP contribution in [0, 0.1) is 5.82 Å². The number of carbonyl (C=O) groups is 2. The number of halogens is 1. The summed E-state index contributed by atoms with van der Waals surface area (Å²) in [6, 6.07) is 15.2. The van der Waals surface area contributed by atoms with E-state index >= 15 is 0 Å². The Morgan fingerprint density at radius 1 is 1.08 bits per heavy atom. The molecule has 2 amide bonds. The van der Waals surface area contributed by atoms with E-state index in [1.54, 1.807) is 25.2 Å². The molecule has 0 spiro atoms. The van der Waals surface area contributed by atoms with E-state index in [2.05, 4.69) is 5.32 Å². The van der Waals surface area contributed by atoms with Crippen molar-refractivity contribution < 1.29 is 14.0 Å². The Bertz CT molecular complexity index is 734. The van der Waals surface area contributed by atoms with Crippen LogP contribution in [0.5, 0.6) is 0 Å². The molecule has 0 bridgehead atoms. The molecular formula is C21H25FN2O2. The lowest BCUT2D eigenvalue weighted by molar-refractivity contribution is -0.141. The van der Waals surface area contributed by atoms with Gasteiger partial charge in [-0.15, -0.1) is 0 Å². The molecular weight excluding hydrogens is 331 g/mol. The quantitative estimate of drug-likeness (QED) is 0.789. The van der Waals surface area contributed by atoms with E-state index in [-0.39, 0.29) is 24.2 Å². The second-order valence-corrected chi connectivity index (χ2v) is 6.18. The van der Waals surface area contributed by atoms with Crippen molar-refractivity contribution in [1.29, 1.82) is 0 Å². The Hall–Kier alpha value is -2.69. The number of amides is 2. The highest BCUT2D eigenvalue weighted by atomic mass is 19.1. The molecule has 1 atom stereocenters. The van der Waals surface area contributed by atoms with Crippen molar-refractivity contribution in [3.05, 3.63) is 71.5 Å². The molecule has 5 heteroatoms. The van der Waals surface area contributed by atoms with Crippen molar-refractivity contribution in [3.8, 4) is 0 Å². The van der Waals surface area contributed by atoms with Crippen LogP contribution < -0.4 is 5.32 Å². The smallest absolute Gasteiger partial charge is 0.242 e. The molecule has 0 saturated carbocycles. The minimum Gasteiger partial charge on any atom is -0.357 e. The monoisotopic (exact) mass is 356 g/mol. The fourth-order valence-electron chi connectivity index (χ4n) is 2.89. The topological polar surface area (TPSA) is 49.4 Å². The summed E-state index contributed by atoms with van der Waals surface area (Å²) in [4.78, 5) is 26.8. The van der Waals surface area contributed by atoms with Gasteiger partial charge in [0.25, 0.3) is 0 Å². The van der Waals surface area contributed by atoms with E-state index in [9.17, 15) is 14.0 Å². The first-order chi connectivity index (χ1) is 12.6. The average molecular weight is 356 g/mol. The maximum absolute atomic E-state index is 14.1. The van der Waals surface area contributed by atoms with E-state index < -0.39 is 6.04 Å². The molecule has 138 valence electrons. The normalized spacial score (nSPS) is 11.7. The van der Waals surface area contributed by atoms with Crippen molar-refractivity contribution >= 4 is 11.8 Å². The fraction of sp³-hybridized carbons (Fsp3) is 0.333. The Morgan fingerprint density at radius 2 is 1.73 bits per heavy atom. The molecule has 2 aromatic carbocycles. The van der Waals surface area contributed by atoms with Crippen molar-refractivity contribution in [3.63, 3.8) is 0 Å². The van der Waals surface area contributed by atoms with E-state index in [1.165, 1.54) is 11.0 Å². The lowest BCUT2D eigenvalue weighted by atomic mass is 10.0. The van der Waals surface area contributed by atoms with Gasteiger partial charge in [0.2, 0.25) is 11.8 Å². The molecule has 4 nitrogen and oxygen atoms in total. The van der Waals surface area contributed by atoms with Crippen LogP contribution in [0.15, 0.2) is 54.6 Å². The van der Waals surface area contributed by atoms with Crippen LogP contribution >= 0.6 is 0 Å². The van der Waals surface area contributed by atoms with Crippen molar-refractivity contribution in [2.75, 3.05) is 7.05 Å². The molecule has 0 fully saturated rings. The van der Waals surface area contributed by atoms with Crippen molar-refractivity contribution in [2.45, 2.75) is 38.8 Å². The second-order valence-electron chi connectivity index (χ2n) is 6.18. The summed E-state index contributed by atoms with van der Waals surface area (Å²) in [5, 5.41) is 2.64. The van der Waals surface area contributed by atoms with E-state index in [0.29, 0.717) is 24.8 Å². The van der Waals surface area contributed by atoms with Crippen molar-refractivity contribution in [2.24, 2.45) is 0 Å². The maximum Gasteiger partial charge on any atom is 0.242 e. The summed E-state index contributed by atoms with van der Waals surface area (Å²) >= 11 is 0. The van der Waals surface area contributed by atoms with Gasteiger partial charge in [-0.1, -0.05) is 55.5 Å². The summed E-state index contributed by atoms with van der Waals surface area (Å²) in [6.07, 6.45) is 1.36.